The molecule has 0 bridgehead atoms. The molecule has 130 valence electrons. The molecule has 1 aliphatic heterocycles. The van der Waals surface area contributed by atoms with Crippen LogP contribution in [0.3, 0.4) is 0 Å². The number of carbonyl (C=O) groups is 1. The van der Waals surface area contributed by atoms with E-state index in [0.29, 0.717) is 23.8 Å². The van der Waals surface area contributed by atoms with E-state index in [9.17, 15) is 4.79 Å². The molecule has 1 heterocycles. The van der Waals surface area contributed by atoms with E-state index in [2.05, 4.69) is 12.1 Å². The second kappa shape index (κ2) is 6.79. The van der Waals surface area contributed by atoms with Crippen LogP contribution in [0.4, 0.5) is 5.69 Å². The predicted molar refractivity (Wildman–Crippen MR) is 98.6 cm³/mol. The maximum Gasteiger partial charge on any atom is 0.254 e. The molecule has 4 nitrogen and oxygen atoms in total. The third kappa shape index (κ3) is 3.34. The van der Waals surface area contributed by atoms with Crippen LogP contribution in [-0.4, -0.2) is 23.5 Å². The van der Waals surface area contributed by atoms with Gasteiger partial charge in [0.05, 0.1) is 6.61 Å². The molecule has 1 saturated carbocycles. The molecule has 0 atom stereocenters. The molecule has 0 saturated heterocycles. The van der Waals surface area contributed by atoms with Crippen LogP contribution < -0.4 is 10.5 Å². The average molecular weight is 336 g/mol. The molecule has 0 unspecified atom stereocenters. The van der Waals surface area contributed by atoms with Gasteiger partial charge in [0.2, 0.25) is 0 Å². The van der Waals surface area contributed by atoms with Crippen molar-refractivity contribution in [2.45, 2.75) is 44.7 Å². The van der Waals surface area contributed by atoms with Crippen LogP contribution in [0.15, 0.2) is 42.5 Å². The number of anilines is 1. The highest BCUT2D eigenvalue weighted by Gasteiger charge is 2.28. The highest BCUT2D eigenvalue weighted by Crippen LogP contribution is 2.30. The topological polar surface area (TPSA) is 55.6 Å². The fraction of sp³-hybridized carbons (Fsp3) is 0.381. The van der Waals surface area contributed by atoms with E-state index >= 15 is 0 Å². The average Bonchev–Trinajstić information content (AvgIpc) is 3.30. The summed E-state index contributed by atoms with van der Waals surface area (Å²) in [4.78, 5) is 15.2. The van der Waals surface area contributed by atoms with Crippen molar-refractivity contribution in [3.63, 3.8) is 0 Å². The van der Waals surface area contributed by atoms with Crippen LogP contribution in [0.5, 0.6) is 5.75 Å². The maximum atomic E-state index is 13.2. The zero-order valence-corrected chi connectivity index (χ0v) is 14.4. The Balaban J connectivity index is 1.61. The summed E-state index contributed by atoms with van der Waals surface area (Å²) in [6.45, 7) is 1.40. The van der Waals surface area contributed by atoms with Gasteiger partial charge in [0, 0.05) is 30.3 Å². The summed E-state index contributed by atoms with van der Waals surface area (Å²) in [5.41, 5.74) is 9.61. The van der Waals surface area contributed by atoms with Crippen molar-refractivity contribution in [3.8, 4) is 5.75 Å². The fourth-order valence-electron chi connectivity index (χ4n) is 3.96. The molecule has 1 aliphatic carbocycles. The van der Waals surface area contributed by atoms with E-state index < -0.39 is 0 Å². The lowest BCUT2D eigenvalue weighted by Gasteiger charge is -2.29. The highest BCUT2D eigenvalue weighted by atomic mass is 16.5. The van der Waals surface area contributed by atoms with Gasteiger partial charge in [0.1, 0.15) is 5.75 Å². The monoisotopic (exact) mass is 336 g/mol. The third-order valence-electron chi connectivity index (χ3n) is 5.27. The molecule has 2 aromatic rings. The minimum absolute atomic E-state index is 0.0796. The normalized spacial score (nSPS) is 16.5. The molecule has 0 spiro atoms. The van der Waals surface area contributed by atoms with Gasteiger partial charge in [-0.15, -0.1) is 0 Å². The summed E-state index contributed by atoms with van der Waals surface area (Å²) >= 11 is 0. The number of nitrogens with zero attached hydrogens (tertiary/aromatic N) is 1. The van der Waals surface area contributed by atoms with Crippen molar-refractivity contribution >= 4 is 11.6 Å². The SMILES string of the molecule is Nc1cccc(C(=O)N(Cc2ccc3c(c2)CCO3)C2CCCC2)c1. The van der Waals surface area contributed by atoms with Crippen LogP contribution in [0, 0.1) is 0 Å². The molecular formula is C21H24N2O2. The first-order valence-electron chi connectivity index (χ1n) is 9.12. The van der Waals surface area contributed by atoms with E-state index in [0.717, 1.165) is 31.6 Å². The maximum absolute atomic E-state index is 13.2. The number of fused-ring (bicyclic) bond motifs is 1. The quantitative estimate of drug-likeness (QED) is 0.864. The van der Waals surface area contributed by atoms with Crippen LogP contribution in [-0.2, 0) is 13.0 Å². The standard InChI is InChI=1S/C21H24N2O2/c22-18-5-3-4-17(13-18)21(24)23(19-6-1-2-7-19)14-15-8-9-20-16(12-15)10-11-25-20/h3-5,8-9,12-13,19H,1-2,6-7,10-11,14,22H2. The minimum atomic E-state index is 0.0796. The number of rotatable bonds is 4. The molecule has 0 radical (unpaired) electrons. The van der Waals surface area contributed by atoms with Crippen LogP contribution in [0.1, 0.15) is 47.2 Å². The number of hydrogen-bond donors (Lipinski definition) is 1. The molecule has 2 aliphatic rings. The first-order valence-corrected chi connectivity index (χ1v) is 9.12. The summed E-state index contributed by atoms with van der Waals surface area (Å²) < 4.78 is 5.59. The van der Waals surface area contributed by atoms with E-state index in [1.165, 1.54) is 24.0 Å². The molecule has 25 heavy (non-hydrogen) atoms. The first-order chi connectivity index (χ1) is 12.2. The third-order valence-corrected chi connectivity index (χ3v) is 5.27. The van der Waals surface area contributed by atoms with Crippen molar-refractivity contribution in [1.82, 2.24) is 4.90 Å². The molecular weight excluding hydrogens is 312 g/mol. The molecule has 4 heteroatoms. The lowest BCUT2D eigenvalue weighted by Crippen LogP contribution is -2.38. The number of nitrogen functional groups attached to an aromatic ring is 1. The van der Waals surface area contributed by atoms with Gasteiger partial charge in [-0.1, -0.05) is 31.0 Å². The molecule has 2 aromatic carbocycles. The summed E-state index contributed by atoms with van der Waals surface area (Å²) in [6.07, 6.45) is 5.52. The molecule has 2 N–H and O–H groups in total. The van der Waals surface area contributed by atoms with Gasteiger partial charge in [0.25, 0.3) is 5.91 Å². The Morgan fingerprint density at radius 1 is 1.16 bits per heavy atom. The Kier molecular flexibility index (Phi) is 4.35. The number of hydrogen-bond acceptors (Lipinski definition) is 3. The van der Waals surface area contributed by atoms with E-state index in [1.807, 2.05) is 29.2 Å². The Labute approximate surface area is 148 Å². The van der Waals surface area contributed by atoms with Gasteiger partial charge >= 0.3 is 0 Å². The fourth-order valence-corrected chi connectivity index (χ4v) is 3.96. The summed E-state index contributed by atoms with van der Waals surface area (Å²) in [5, 5.41) is 0. The zero-order chi connectivity index (χ0) is 17.2. The van der Waals surface area contributed by atoms with Crippen LogP contribution in [0.25, 0.3) is 0 Å². The number of ether oxygens (including phenoxy) is 1. The van der Waals surface area contributed by atoms with Gasteiger partial charge in [-0.3, -0.25) is 4.79 Å². The largest absolute Gasteiger partial charge is 0.493 e. The Morgan fingerprint density at radius 2 is 2.00 bits per heavy atom. The van der Waals surface area contributed by atoms with E-state index in [4.69, 9.17) is 10.5 Å². The zero-order valence-electron chi connectivity index (χ0n) is 14.4. The predicted octanol–water partition coefficient (Wildman–Crippen LogP) is 3.79. The first kappa shape index (κ1) is 16.0. The minimum Gasteiger partial charge on any atom is -0.493 e. The number of nitrogens with two attached hydrogens (primary N) is 1. The van der Waals surface area contributed by atoms with Crippen molar-refractivity contribution in [1.29, 1.82) is 0 Å². The lowest BCUT2D eigenvalue weighted by atomic mass is 10.1. The lowest BCUT2D eigenvalue weighted by molar-refractivity contribution is 0.0664. The summed E-state index contributed by atoms with van der Waals surface area (Å²) in [6, 6.07) is 13.9. The van der Waals surface area contributed by atoms with Gasteiger partial charge < -0.3 is 15.4 Å². The molecule has 0 aromatic heterocycles. The van der Waals surface area contributed by atoms with Crippen LogP contribution >= 0.6 is 0 Å². The van der Waals surface area contributed by atoms with Gasteiger partial charge in [-0.2, -0.15) is 0 Å². The van der Waals surface area contributed by atoms with Crippen LogP contribution in [0.2, 0.25) is 0 Å². The van der Waals surface area contributed by atoms with Gasteiger partial charge in [-0.05, 0) is 48.2 Å². The Hall–Kier alpha value is -2.49. The molecule has 1 fully saturated rings. The summed E-state index contributed by atoms with van der Waals surface area (Å²) in [7, 11) is 0. The second-order valence-corrected chi connectivity index (χ2v) is 7.04. The van der Waals surface area contributed by atoms with Crippen molar-refractivity contribution in [3.05, 3.63) is 59.2 Å². The van der Waals surface area contributed by atoms with Crippen molar-refractivity contribution in [2.75, 3.05) is 12.3 Å². The van der Waals surface area contributed by atoms with Gasteiger partial charge in [-0.25, -0.2) is 0 Å². The Bertz CT molecular complexity index is 781. The Morgan fingerprint density at radius 3 is 2.80 bits per heavy atom. The van der Waals surface area contributed by atoms with E-state index in [1.54, 1.807) is 6.07 Å². The van der Waals surface area contributed by atoms with Crippen molar-refractivity contribution in [2.24, 2.45) is 0 Å². The molecule has 4 rings (SSSR count). The second-order valence-electron chi connectivity index (χ2n) is 7.04. The number of benzene rings is 2. The summed E-state index contributed by atoms with van der Waals surface area (Å²) in [5.74, 6) is 1.06. The number of carbonyl (C=O) groups excluding carboxylic acids is 1. The van der Waals surface area contributed by atoms with Crippen molar-refractivity contribution < 1.29 is 9.53 Å². The van der Waals surface area contributed by atoms with Gasteiger partial charge in [0.15, 0.2) is 0 Å². The highest BCUT2D eigenvalue weighted by molar-refractivity contribution is 5.95. The molecule has 1 amide bonds. The number of amides is 1. The van der Waals surface area contributed by atoms with E-state index in [-0.39, 0.29) is 5.91 Å². The smallest absolute Gasteiger partial charge is 0.254 e.